The lowest BCUT2D eigenvalue weighted by Gasteiger charge is -2.00. The Kier molecular flexibility index (Phi) is 4.76. The first-order valence-corrected chi connectivity index (χ1v) is 8.86. The number of imidazole rings is 1. The van der Waals surface area contributed by atoms with Gasteiger partial charge in [-0.3, -0.25) is 4.79 Å². The highest BCUT2D eigenvalue weighted by Crippen LogP contribution is 2.24. The Balaban J connectivity index is 1.69. The number of nitrogens with zero attached hydrogens (tertiary/aromatic N) is 1. The molecule has 23 heavy (non-hydrogen) atoms. The minimum atomic E-state index is -0.0208. The molecule has 0 fully saturated rings. The van der Waals surface area contributed by atoms with Gasteiger partial charge in [0.15, 0.2) is 0 Å². The summed E-state index contributed by atoms with van der Waals surface area (Å²) in [6.07, 6.45) is 3.13. The van der Waals surface area contributed by atoms with Crippen LogP contribution in [-0.4, -0.2) is 15.9 Å². The predicted molar refractivity (Wildman–Crippen MR) is 95.0 cm³/mol. The maximum absolute atomic E-state index is 12.4. The van der Waals surface area contributed by atoms with Crippen molar-refractivity contribution in [3.05, 3.63) is 51.5 Å². The number of thiophene rings is 1. The fourth-order valence-corrected chi connectivity index (χ4v) is 3.93. The molecule has 0 unspecified atom stereocenters. The van der Waals surface area contributed by atoms with Crippen molar-refractivity contribution in [2.75, 3.05) is 0 Å². The lowest BCUT2D eigenvalue weighted by Crippen LogP contribution is -2.22. The van der Waals surface area contributed by atoms with Crippen LogP contribution in [0.25, 0.3) is 11.0 Å². The van der Waals surface area contributed by atoms with Gasteiger partial charge in [0.1, 0.15) is 5.82 Å². The number of nitrogens with one attached hydrogen (secondary N) is 2. The van der Waals surface area contributed by atoms with E-state index in [1.54, 1.807) is 11.3 Å². The van der Waals surface area contributed by atoms with Gasteiger partial charge in [0.2, 0.25) is 0 Å². The van der Waals surface area contributed by atoms with Crippen molar-refractivity contribution >= 4 is 28.3 Å². The first-order valence-electron chi connectivity index (χ1n) is 8.04. The summed E-state index contributed by atoms with van der Waals surface area (Å²) in [6.45, 7) is 4.72. The van der Waals surface area contributed by atoms with E-state index in [1.807, 2.05) is 30.3 Å². The van der Waals surface area contributed by atoms with Crippen LogP contribution in [0.4, 0.5) is 0 Å². The fourth-order valence-electron chi connectivity index (χ4n) is 2.66. The molecule has 0 aliphatic carbocycles. The maximum Gasteiger partial charge on any atom is 0.261 e. The summed E-state index contributed by atoms with van der Waals surface area (Å²) in [5.41, 5.74) is 3.21. The second-order valence-electron chi connectivity index (χ2n) is 5.55. The number of para-hydroxylation sites is 2. The van der Waals surface area contributed by atoms with Gasteiger partial charge in [-0.2, -0.15) is 0 Å². The van der Waals surface area contributed by atoms with E-state index in [1.165, 1.54) is 10.4 Å². The molecule has 0 aliphatic heterocycles. The summed E-state index contributed by atoms with van der Waals surface area (Å²) < 4.78 is 0. The van der Waals surface area contributed by atoms with E-state index in [-0.39, 0.29) is 5.91 Å². The molecule has 2 heterocycles. The summed E-state index contributed by atoms with van der Waals surface area (Å²) in [5.74, 6) is 0.758. The van der Waals surface area contributed by atoms with E-state index >= 15 is 0 Å². The molecule has 0 bridgehead atoms. The minimum absolute atomic E-state index is 0.0208. The maximum atomic E-state index is 12.4. The first kappa shape index (κ1) is 15.7. The van der Waals surface area contributed by atoms with Crippen LogP contribution in [0.5, 0.6) is 0 Å². The summed E-state index contributed by atoms with van der Waals surface area (Å²) >= 11 is 1.61. The summed E-state index contributed by atoms with van der Waals surface area (Å²) in [4.78, 5) is 22.2. The molecule has 2 N–H and O–H groups in total. The standard InChI is InChI=1S/C18H21N3OS/c1-3-7-15-12(4-2)10-16(23-15)18(22)19-11-17-20-13-8-5-6-9-14(13)21-17/h5-6,8-10H,3-4,7,11H2,1-2H3,(H,19,22)(H,20,21). The van der Waals surface area contributed by atoms with Gasteiger partial charge in [-0.1, -0.05) is 32.4 Å². The first-order chi connectivity index (χ1) is 11.2. The van der Waals surface area contributed by atoms with Crippen LogP contribution >= 0.6 is 11.3 Å². The second kappa shape index (κ2) is 6.96. The van der Waals surface area contributed by atoms with Crippen molar-refractivity contribution in [2.45, 2.75) is 39.7 Å². The molecular formula is C18H21N3OS. The van der Waals surface area contributed by atoms with Crippen LogP contribution in [0.1, 0.15) is 46.2 Å². The third-order valence-electron chi connectivity index (χ3n) is 3.83. The van der Waals surface area contributed by atoms with Gasteiger partial charge in [0.25, 0.3) is 5.91 Å². The van der Waals surface area contributed by atoms with E-state index in [0.29, 0.717) is 6.54 Å². The smallest absolute Gasteiger partial charge is 0.261 e. The van der Waals surface area contributed by atoms with Crippen molar-refractivity contribution in [1.29, 1.82) is 0 Å². The number of amides is 1. The Hall–Kier alpha value is -2.14. The summed E-state index contributed by atoms with van der Waals surface area (Å²) in [7, 11) is 0. The van der Waals surface area contributed by atoms with Crippen LogP contribution < -0.4 is 5.32 Å². The molecule has 2 aromatic heterocycles. The van der Waals surface area contributed by atoms with Gasteiger partial charge in [0.05, 0.1) is 22.5 Å². The highest BCUT2D eigenvalue weighted by atomic mass is 32.1. The zero-order chi connectivity index (χ0) is 16.2. The van der Waals surface area contributed by atoms with Gasteiger partial charge in [-0.15, -0.1) is 11.3 Å². The van der Waals surface area contributed by atoms with Gasteiger partial charge in [-0.25, -0.2) is 4.98 Å². The zero-order valence-corrected chi connectivity index (χ0v) is 14.3. The fraction of sp³-hybridized carbons (Fsp3) is 0.333. The molecule has 0 saturated heterocycles. The van der Waals surface area contributed by atoms with Crippen LogP contribution in [0.15, 0.2) is 30.3 Å². The molecule has 1 amide bonds. The van der Waals surface area contributed by atoms with Gasteiger partial charge in [0, 0.05) is 4.88 Å². The lowest BCUT2D eigenvalue weighted by molar-refractivity contribution is 0.0954. The molecule has 0 aliphatic rings. The second-order valence-corrected chi connectivity index (χ2v) is 6.68. The number of hydrogen-bond donors (Lipinski definition) is 2. The number of benzene rings is 1. The van der Waals surface area contributed by atoms with Crippen molar-refractivity contribution in [1.82, 2.24) is 15.3 Å². The minimum Gasteiger partial charge on any atom is -0.344 e. The Morgan fingerprint density at radius 1 is 1.30 bits per heavy atom. The number of carbonyl (C=O) groups excluding carboxylic acids is 1. The van der Waals surface area contributed by atoms with Crippen LogP contribution in [0, 0.1) is 0 Å². The topological polar surface area (TPSA) is 57.8 Å². The van der Waals surface area contributed by atoms with E-state index in [4.69, 9.17) is 0 Å². The third kappa shape index (κ3) is 3.45. The van der Waals surface area contributed by atoms with Crippen molar-refractivity contribution in [2.24, 2.45) is 0 Å². The van der Waals surface area contributed by atoms with Crippen molar-refractivity contribution in [3.63, 3.8) is 0 Å². The zero-order valence-electron chi connectivity index (χ0n) is 13.5. The average Bonchev–Trinajstić information content (AvgIpc) is 3.16. The number of H-pyrrole nitrogens is 1. The molecule has 0 saturated carbocycles. The monoisotopic (exact) mass is 327 g/mol. The SMILES string of the molecule is CCCc1sc(C(=O)NCc2nc3ccccc3[nH]2)cc1CC. The van der Waals surface area contributed by atoms with Crippen molar-refractivity contribution in [3.8, 4) is 0 Å². The number of fused-ring (bicyclic) bond motifs is 1. The Morgan fingerprint density at radius 2 is 2.13 bits per heavy atom. The highest BCUT2D eigenvalue weighted by molar-refractivity contribution is 7.14. The van der Waals surface area contributed by atoms with Crippen LogP contribution in [0.3, 0.4) is 0 Å². The third-order valence-corrected chi connectivity index (χ3v) is 5.07. The van der Waals surface area contributed by atoms with E-state index in [0.717, 1.165) is 41.0 Å². The summed E-state index contributed by atoms with van der Waals surface area (Å²) in [5, 5.41) is 2.96. The van der Waals surface area contributed by atoms with E-state index in [9.17, 15) is 4.79 Å². The molecule has 4 nitrogen and oxygen atoms in total. The highest BCUT2D eigenvalue weighted by Gasteiger charge is 2.13. The molecule has 120 valence electrons. The molecule has 0 atom stereocenters. The molecular weight excluding hydrogens is 306 g/mol. The molecule has 0 radical (unpaired) electrons. The normalized spacial score (nSPS) is 11.0. The number of aryl methyl sites for hydroxylation is 2. The Labute approximate surface area is 140 Å². The number of aromatic nitrogens is 2. The molecule has 3 aromatic rings. The average molecular weight is 327 g/mol. The number of carbonyl (C=O) groups is 1. The lowest BCUT2D eigenvalue weighted by atomic mass is 10.1. The molecule has 3 rings (SSSR count). The number of hydrogen-bond acceptors (Lipinski definition) is 3. The number of aromatic amines is 1. The van der Waals surface area contributed by atoms with Crippen LogP contribution in [0.2, 0.25) is 0 Å². The predicted octanol–water partition coefficient (Wildman–Crippen LogP) is 4.07. The molecule has 0 spiro atoms. The largest absolute Gasteiger partial charge is 0.344 e. The van der Waals surface area contributed by atoms with E-state index in [2.05, 4.69) is 29.1 Å². The van der Waals surface area contributed by atoms with E-state index < -0.39 is 0 Å². The Morgan fingerprint density at radius 3 is 2.87 bits per heavy atom. The van der Waals surface area contributed by atoms with Gasteiger partial charge in [-0.05, 0) is 36.6 Å². The van der Waals surface area contributed by atoms with Gasteiger partial charge < -0.3 is 10.3 Å². The molecule has 5 heteroatoms. The summed E-state index contributed by atoms with van der Waals surface area (Å²) in [6, 6.07) is 9.90. The number of rotatable bonds is 6. The quantitative estimate of drug-likeness (QED) is 0.717. The van der Waals surface area contributed by atoms with Crippen LogP contribution in [-0.2, 0) is 19.4 Å². The Bertz CT molecular complexity index is 786. The van der Waals surface area contributed by atoms with Gasteiger partial charge >= 0.3 is 0 Å². The van der Waals surface area contributed by atoms with Crippen molar-refractivity contribution < 1.29 is 4.79 Å². The molecule has 1 aromatic carbocycles.